The Morgan fingerprint density at radius 2 is 1.02 bits per heavy atom. The average Bonchev–Trinajstić information content (AvgIpc) is 2.93. The second-order valence-electron chi connectivity index (χ2n) is 14.0. The van der Waals surface area contributed by atoms with Crippen molar-refractivity contribution in [2.24, 2.45) is 11.8 Å². The number of aromatic hydroxyl groups is 2. The first kappa shape index (κ1) is 34.4. The minimum Gasteiger partial charge on any atom is -0.507 e. The van der Waals surface area contributed by atoms with Crippen molar-refractivity contribution in [2.45, 2.75) is 118 Å². The van der Waals surface area contributed by atoms with Crippen LogP contribution in [0.3, 0.4) is 0 Å². The first-order valence-corrected chi connectivity index (χ1v) is 16.3. The number of hydrogen-bond acceptors (Lipinski definition) is 6. The van der Waals surface area contributed by atoms with E-state index in [1.165, 1.54) is 24.0 Å². The largest absolute Gasteiger partial charge is 0.507 e. The molecule has 6 nitrogen and oxygen atoms in total. The van der Waals surface area contributed by atoms with Gasteiger partial charge in [-0.05, 0) is 79.6 Å². The number of aryl methyl sites for hydroxylation is 2. The van der Waals surface area contributed by atoms with E-state index in [0.29, 0.717) is 48.5 Å². The number of phenolic OH excluding ortho intramolecular Hbond substituents is 2. The fourth-order valence-corrected chi connectivity index (χ4v) is 6.61. The number of benzene rings is 2. The molecule has 4 unspecified atom stereocenters. The smallest absolute Gasteiger partial charge is 0.124 e. The summed E-state index contributed by atoms with van der Waals surface area (Å²) in [5.41, 5.74) is 6.34. The minimum absolute atomic E-state index is 0.0973. The summed E-state index contributed by atoms with van der Waals surface area (Å²) in [4.78, 5) is 4.90. The highest BCUT2D eigenvalue weighted by atomic mass is 16.3. The van der Waals surface area contributed by atoms with Gasteiger partial charge in [-0.25, -0.2) is 0 Å². The minimum atomic E-state index is 0.0973. The third-order valence-electron chi connectivity index (χ3n) is 8.99. The molecule has 0 heterocycles. The first-order chi connectivity index (χ1) is 19.8. The predicted octanol–water partition coefficient (Wildman–Crippen LogP) is 7.20. The lowest BCUT2D eigenvalue weighted by molar-refractivity contribution is 0.0684. The van der Waals surface area contributed by atoms with Crippen LogP contribution in [0.25, 0.3) is 0 Å². The first-order valence-electron chi connectivity index (χ1n) is 16.3. The molecule has 1 saturated carbocycles. The molecule has 4 N–H and O–H groups in total. The van der Waals surface area contributed by atoms with E-state index in [0.717, 1.165) is 48.2 Å². The number of nitrogens with zero attached hydrogens (tertiary/aromatic N) is 2. The van der Waals surface area contributed by atoms with E-state index in [1.54, 1.807) is 0 Å². The van der Waals surface area contributed by atoms with E-state index in [4.69, 9.17) is 0 Å². The van der Waals surface area contributed by atoms with E-state index in [2.05, 4.69) is 114 Å². The second kappa shape index (κ2) is 15.6. The second-order valence-corrected chi connectivity index (χ2v) is 14.0. The maximum absolute atomic E-state index is 11.4. The summed E-state index contributed by atoms with van der Waals surface area (Å²) in [6.45, 7) is 20.6. The van der Waals surface area contributed by atoms with Gasteiger partial charge in [-0.2, -0.15) is 0 Å². The molecule has 4 atom stereocenters. The Hall–Kier alpha value is -2.12. The summed E-state index contributed by atoms with van der Waals surface area (Å²) in [6, 6.07) is 9.48. The van der Waals surface area contributed by atoms with Gasteiger partial charge in [0.2, 0.25) is 0 Å². The van der Waals surface area contributed by atoms with Gasteiger partial charge >= 0.3 is 0 Å². The van der Waals surface area contributed by atoms with Crippen molar-refractivity contribution in [3.8, 4) is 11.5 Å². The van der Waals surface area contributed by atoms with Crippen LogP contribution in [0.1, 0.15) is 113 Å². The number of hydrogen-bond donors (Lipinski definition) is 4. The van der Waals surface area contributed by atoms with Gasteiger partial charge in [0.15, 0.2) is 0 Å². The monoisotopic (exact) mass is 580 g/mol. The fraction of sp³-hybridized carbons (Fsp3) is 0.667. The Morgan fingerprint density at radius 1 is 0.667 bits per heavy atom. The van der Waals surface area contributed by atoms with Crippen LogP contribution in [0.5, 0.6) is 11.5 Å². The highest BCUT2D eigenvalue weighted by Gasteiger charge is 2.32. The topological polar surface area (TPSA) is 71.0 Å². The Balaban J connectivity index is 1.78. The molecule has 42 heavy (non-hydrogen) atoms. The van der Waals surface area contributed by atoms with Crippen LogP contribution in [0.2, 0.25) is 0 Å². The molecule has 1 fully saturated rings. The fourth-order valence-electron chi connectivity index (χ4n) is 6.61. The van der Waals surface area contributed by atoms with Crippen molar-refractivity contribution in [3.63, 3.8) is 0 Å². The van der Waals surface area contributed by atoms with Gasteiger partial charge in [-0.3, -0.25) is 9.80 Å². The standard InChI is InChI=1S/C36H60N4O2/c1-23(2)19-37-27(7)31-17-25(5)15-29(35(31)41)21-39(9)33-13-11-12-14-34(33)40(10)22-30-16-26(6)18-32(36(30)42)28(8)38-20-24(3)4/h15-18,23-24,27-28,33-34,37-38,41-42H,11-14,19-22H2,1-10H3. The molecule has 1 aliphatic carbocycles. The lowest BCUT2D eigenvalue weighted by atomic mass is 9.87. The normalized spacial score (nSPS) is 19.3. The zero-order valence-corrected chi connectivity index (χ0v) is 28.2. The molecule has 0 amide bonds. The van der Waals surface area contributed by atoms with Crippen molar-refractivity contribution in [3.05, 3.63) is 57.6 Å². The highest BCUT2D eigenvalue weighted by molar-refractivity contribution is 5.46. The van der Waals surface area contributed by atoms with Gasteiger partial charge in [0.05, 0.1) is 0 Å². The van der Waals surface area contributed by atoms with Crippen molar-refractivity contribution in [1.29, 1.82) is 0 Å². The van der Waals surface area contributed by atoms with E-state index in [-0.39, 0.29) is 12.1 Å². The van der Waals surface area contributed by atoms with Gasteiger partial charge < -0.3 is 20.8 Å². The Labute approximate surface area is 256 Å². The highest BCUT2D eigenvalue weighted by Crippen LogP contribution is 2.35. The maximum Gasteiger partial charge on any atom is 0.124 e. The number of phenols is 2. The van der Waals surface area contributed by atoms with Crippen LogP contribution >= 0.6 is 0 Å². The van der Waals surface area contributed by atoms with Crippen LogP contribution in [-0.4, -0.2) is 59.3 Å². The predicted molar refractivity (Wildman–Crippen MR) is 177 cm³/mol. The third-order valence-corrected chi connectivity index (χ3v) is 8.99. The summed E-state index contributed by atoms with van der Waals surface area (Å²) in [7, 11) is 4.42. The average molecular weight is 581 g/mol. The van der Waals surface area contributed by atoms with Crippen LogP contribution in [0.4, 0.5) is 0 Å². The number of rotatable bonds is 14. The van der Waals surface area contributed by atoms with E-state index in [1.807, 2.05) is 0 Å². The zero-order valence-electron chi connectivity index (χ0n) is 28.2. The quantitative estimate of drug-likeness (QED) is 0.189. The maximum atomic E-state index is 11.4. The summed E-state index contributed by atoms with van der Waals surface area (Å²) >= 11 is 0. The Morgan fingerprint density at radius 3 is 1.36 bits per heavy atom. The van der Waals surface area contributed by atoms with Gasteiger partial charge in [-0.15, -0.1) is 0 Å². The molecule has 236 valence electrons. The summed E-state index contributed by atoms with van der Waals surface area (Å²) in [6.07, 6.45) is 4.72. The van der Waals surface area contributed by atoms with E-state index < -0.39 is 0 Å². The molecular weight excluding hydrogens is 520 g/mol. The van der Waals surface area contributed by atoms with E-state index in [9.17, 15) is 10.2 Å². The zero-order chi connectivity index (χ0) is 31.1. The molecule has 3 rings (SSSR count). The van der Waals surface area contributed by atoms with E-state index >= 15 is 0 Å². The van der Waals surface area contributed by atoms with Crippen LogP contribution < -0.4 is 10.6 Å². The van der Waals surface area contributed by atoms with Gasteiger partial charge in [0.1, 0.15) is 11.5 Å². The molecule has 0 radical (unpaired) electrons. The Bertz CT molecular complexity index is 1060. The number of nitrogens with one attached hydrogen (secondary N) is 2. The van der Waals surface area contributed by atoms with Crippen molar-refractivity contribution >= 4 is 0 Å². The summed E-state index contributed by atoms with van der Waals surface area (Å²) < 4.78 is 0. The van der Waals surface area contributed by atoms with Crippen molar-refractivity contribution in [1.82, 2.24) is 20.4 Å². The van der Waals surface area contributed by atoms with Gasteiger partial charge in [-0.1, -0.05) is 75.9 Å². The molecule has 0 aliphatic heterocycles. The SMILES string of the molecule is Cc1cc(CN(C)C2CCCCC2N(C)Cc2cc(C)cc(C(C)NCC(C)C)c2O)c(O)c(C(C)NCC(C)C)c1. The van der Waals surface area contributed by atoms with Crippen LogP contribution in [0.15, 0.2) is 24.3 Å². The Kier molecular flexibility index (Phi) is 12.7. The molecule has 6 heteroatoms. The molecule has 0 aromatic heterocycles. The molecule has 2 aromatic carbocycles. The van der Waals surface area contributed by atoms with Crippen molar-refractivity contribution in [2.75, 3.05) is 27.2 Å². The van der Waals surface area contributed by atoms with Gasteiger partial charge in [0.25, 0.3) is 0 Å². The summed E-state index contributed by atoms with van der Waals surface area (Å²) in [5.74, 6) is 1.97. The summed E-state index contributed by atoms with van der Waals surface area (Å²) in [5, 5.41) is 29.9. The molecule has 1 aliphatic rings. The van der Waals surface area contributed by atoms with Gasteiger partial charge in [0, 0.05) is 59.5 Å². The molecule has 2 aromatic rings. The lowest BCUT2D eigenvalue weighted by Crippen LogP contribution is -2.50. The number of likely N-dealkylation sites (N-methyl/N-ethyl adjacent to an activating group) is 2. The molecular formula is C36H60N4O2. The molecule has 0 bridgehead atoms. The van der Waals surface area contributed by atoms with Crippen molar-refractivity contribution < 1.29 is 10.2 Å². The lowest BCUT2D eigenvalue weighted by Gasteiger charge is -2.43. The molecule has 0 spiro atoms. The van der Waals surface area contributed by atoms with Crippen LogP contribution in [0, 0.1) is 25.7 Å². The molecule has 0 saturated heterocycles. The van der Waals surface area contributed by atoms with Crippen LogP contribution in [-0.2, 0) is 13.1 Å². The third kappa shape index (κ3) is 9.19.